The lowest BCUT2D eigenvalue weighted by atomic mass is 9.79. The van der Waals surface area contributed by atoms with Gasteiger partial charge in [0.2, 0.25) is 0 Å². The Hall–Kier alpha value is -0.120. The molecule has 3 heteroatoms. The van der Waals surface area contributed by atoms with E-state index in [1.54, 1.807) is 0 Å². The Bertz CT molecular complexity index is 205. The second-order valence-electron chi connectivity index (χ2n) is 5.78. The highest BCUT2D eigenvalue weighted by Crippen LogP contribution is 2.31. The topological polar surface area (TPSA) is 47.3 Å². The van der Waals surface area contributed by atoms with Crippen LogP contribution in [-0.2, 0) is 4.74 Å². The van der Waals surface area contributed by atoms with Gasteiger partial charge in [-0.2, -0.15) is 0 Å². The smallest absolute Gasteiger partial charge is 0.0771 e. The van der Waals surface area contributed by atoms with Crippen molar-refractivity contribution in [2.24, 2.45) is 17.7 Å². The van der Waals surface area contributed by atoms with Gasteiger partial charge in [-0.25, -0.2) is 0 Å². The molecule has 1 aliphatic rings. The second-order valence-corrected chi connectivity index (χ2v) is 5.78. The van der Waals surface area contributed by atoms with Crippen LogP contribution in [0.15, 0.2) is 0 Å². The third-order valence-corrected chi connectivity index (χ3v) is 4.38. The highest BCUT2D eigenvalue weighted by molar-refractivity contribution is 4.86. The molecule has 0 aromatic carbocycles. The summed E-state index contributed by atoms with van der Waals surface area (Å²) in [5.41, 5.74) is 3.04. The van der Waals surface area contributed by atoms with Gasteiger partial charge in [0, 0.05) is 6.61 Å². The highest BCUT2D eigenvalue weighted by atomic mass is 16.5. The molecule has 3 N–H and O–H groups in total. The van der Waals surface area contributed by atoms with E-state index in [4.69, 9.17) is 10.6 Å². The van der Waals surface area contributed by atoms with Crippen molar-refractivity contribution in [2.75, 3.05) is 6.61 Å². The maximum atomic E-state index is 6.06. The third-order valence-electron chi connectivity index (χ3n) is 4.38. The Kier molecular flexibility index (Phi) is 7.87. The van der Waals surface area contributed by atoms with Crippen molar-refractivity contribution in [3.8, 4) is 0 Å². The molecular weight excluding hydrogens is 224 g/mol. The molecule has 3 atom stereocenters. The van der Waals surface area contributed by atoms with Crippen LogP contribution in [0.1, 0.15) is 65.7 Å². The van der Waals surface area contributed by atoms with E-state index in [0.29, 0.717) is 24.0 Å². The van der Waals surface area contributed by atoms with E-state index >= 15 is 0 Å². The van der Waals surface area contributed by atoms with E-state index in [0.717, 1.165) is 6.61 Å². The molecule has 0 aliphatic heterocycles. The Morgan fingerprint density at radius 2 is 1.89 bits per heavy atom. The van der Waals surface area contributed by atoms with Gasteiger partial charge in [-0.3, -0.25) is 11.3 Å². The molecule has 0 bridgehead atoms. The van der Waals surface area contributed by atoms with Gasteiger partial charge in [0.15, 0.2) is 0 Å². The standard InChI is InChI=1S/C15H32N2O/c1-4-9-12(3)14(17-16)15(18-5-2)13-10-7-6-8-11-13/h12-15,17H,4-11,16H2,1-3H3. The molecule has 1 fully saturated rings. The molecule has 1 aliphatic carbocycles. The van der Waals surface area contributed by atoms with Gasteiger partial charge in [0.25, 0.3) is 0 Å². The summed E-state index contributed by atoms with van der Waals surface area (Å²) >= 11 is 0. The second kappa shape index (κ2) is 8.89. The quantitative estimate of drug-likeness (QED) is 0.518. The summed E-state index contributed by atoms with van der Waals surface area (Å²) in [6.07, 6.45) is 9.43. The van der Waals surface area contributed by atoms with Crippen LogP contribution in [0.5, 0.6) is 0 Å². The summed E-state index contributed by atoms with van der Waals surface area (Å²) in [4.78, 5) is 0. The molecule has 1 rings (SSSR count). The lowest BCUT2D eigenvalue weighted by molar-refractivity contribution is -0.0305. The number of hydrogen-bond donors (Lipinski definition) is 2. The summed E-state index contributed by atoms with van der Waals surface area (Å²) in [7, 11) is 0. The highest BCUT2D eigenvalue weighted by Gasteiger charge is 2.33. The minimum absolute atomic E-state index is 0.293. The fourth-order valence-electron chi connectivity index (χ4n) is 3.41. The van der Waals surface area contributed by atoms with Crippen LogP contribution in [0.3, 0.4) is 0 Å². The number of hydrogen-bond acceptors (Lipinski definition) is 3. The molecule has 0 aromatic heterocycles. The van der Waals surface area contributed by atoms with Gasteiger partial charge in [0.1, 0.15) is 0 Å². The van der Waals surface area contributed by atoms with Crippen LogP contribution in [0.25, 0.3) is 0 Å². The van der Waals surface area contributed by atoms with Crippen LogP contribution in [-0.4, -0.2) is 18.8 Å². The summed E-state index contributed by atoms with van der Waals surface area (Å²) in [5.74, 6) is 7.09. The average Bonchev–Trinajstić information content (AvgIpc) is 2.40. The van der Waals surface area contributed by atoms with Crippen molar-refractivity contribution >= 4 is 0 Å². The predicted molar refractivity (Wildman–Crippen MR) is 77.2 cm³/mol. The SMILES string of the molecule is CCCC(C)C(NN)C(OCC)C1CCCCC1. The summed E-state index contributed by atoms with van der Waals surface area (Å²) in [6, 6.07) is 0.299. The zero-order valence-electron chi connectivity index (χ0n) is 12.5. The summed E-state index contributed by atoms with van der Waals surface area (Å²) in [5, 5.41) is 0. The average molecular weight is 256 g/mol. The van der Waals surface area contributed by atoms with Crippen molar-refractivity contribution < 1.29 is 4.74 Å². The maximum absolute atomic E-state index is 6.06. The third kappa shape index (κ3) is 4.52. The van der Waals surface area contributed by atoms with Gasteiger partial charge in [-0.15, -0.1) is 0 Å². The van der Waals surface area contributed by atoms with Crippen molar-refractivity contribution in [3.63, 3.8) is 0 Å². The van der Waals surface area contributed by atoms with Crippen LogP contribution in [0.4, 0.5) is 0 Å². The van der Waals surface area contributed by atoms with Crippen molar-refractivity contribution in [1.82, 2.24) is 5.43 Å². The first-order chi connectivity index (χ1) is 8.74. The van der Waals surface area contributed by atoms with E-state index in [-0.39, 0.29) is 0 Å². The monoisotopic (exact) mass is 256 g/mol. The normalized spacial score (nSPS) is 22.7. The molecule has 3 unspecified atom stereocenters. The number of nitrogens with two attached hydrogens (primary N) is 1. The van der Waals surface area contributed by atoms with Crippen LogP contribution in [0.2, 0.25) is 0 Å². The van der Waals surface area contributed by atoms with Gasteiger partial charge in [0.05, 0.1) is 12.1 Å². The van der Waals surface area contributed by atoms with E-state index in [9.17, 15) is 0 Å². The minimum atomic E-state index is 0.293. The number of hydrazine groups is 1. The molecule has 108 valence electrons. The minimum Gasteiger partial charge on any atom is -0.377 e. The predicted octanol–water partition coefficient (Wildman–Crippen LogP) is 3.24. The van der Waals surface area contributed by atoms with E-state index in [2.05, 4.69) is 26.2 Å². The lowest BCUT2D eigenvalue weighted by Gasteiger charge is -2.38. The van der Waals surface area contributed by atoms with Crippen molar-refractivity contribution in [3.05, 3.63) is 0 Å². The molecule has 3 nitrogen and oxygen atoms in total. The molecule has 0 saturated heterocycles. The van der Waals surface area contributed by atoms with E-state index < -0.39 is 0 Å². The summed E-state index contributed by atoms with van der Waals surface area (Å²) in [6.45, 7) is 7.41. The largest absolute Gasteiger partial charge is 0.377 e. The molecule has 0 radical (unpaired) electrons. The first kappa shape index (κ1) is 15.9. The Labute approximate surface area is 113 Å². The van der Waals surface area contributed by atoms with Crippen LogP contribution < -0.4 is 11.3 Å². The fourth-order valence-corrected chi connectivity index (χ4v) is 3.41. The van der Waals surface area contributed by atoms with Crippen LogP contribution in [0, 0.1) is 11.8 Å². The lowest BCUT2D eigenvalue weighted by Crippen LogP contribution is -2.52. The van der Waals surface area contributed by atoms with Gasteiger partial charge in [-0.1, -0.05) is 39.5 Å². The van der Waals surface area contributed by atoms with Gasteiger partial charge in [-0.05, 0) is 38.0 Å². The van der Waals surface area contributed by atoms with Crippen molar-refractivity contribution in [2.45, 2.75) is 77.9 Å². The Balaban J connectivity index is 2.66. The number of ether oxygens (including phenoxy) is 1. The molecule has 0 aromatic rings. The van der Waals surface area contributed by atoms with Gasteiger partial charge >= 0.3 is 0 Å². The number of nitrogens with one attached hydrogen (secondary N) is 1. The first-order valence-corrected chi connectivity index (χ1v) is 7.82. The Morgan fingerprint density at radius 3 is 2.39 bits per heavy atom. The molecule has 0 heterocycles. The first-order valence-electron chi connectivity index (χ1n) is 7.82. The van der Waals surface area contributed by atoms with E-state index in [1.807, 2.05) is 0 Å². The molecule has 18 heavy (non-hydrogen) atoms. The molecule has 0 spiro atoms. The van der Waals surface area contributed by atoms with Crippen molar-refractivity contribution in [1.29, 1.82) is 0 Å². The van der Waals surface area contributed by atoms with E-state index in [1.165, 1.54) is 44.9 Å². The molecule has 0 amide bonds. The van der Waals surface area contributed by atoms with Gasteiger partial charge < -0.3 is 4.74 Å². The molecule has 1 saturated carbocycles. The zero-order chi connectivity index (χ0) is 13.4. The fraction of sp³-hybridized carbons (Fsp3) is 1.00. The maximum Gasteiger partial charge on any atom is 0.0771 e. The van der Waals surface area contributed by atoms with Crippen LogP contribution >= 0.6 is 0 Å². The zero-order valence-corrected chi connectivity index (χ0v) is 12.5. The molecular formula is C15H32N2O. The summed E-state index contributed by atoms with van der Waals surface area (Å²) < 4.78 is 6.06. The Morgan fingerprint density at radius 1 is 1.22 bits per heavy atom. The number of rotatable bonds is 8.